The van der Waals surface area contributed by atoms with Gasteiger partial charge in [-0.05, 0) is 48.3 Å². The van der Waals surface area contributed by atoms with Crippen molar-refractivity contribution in [1.82, 2.24) is 0 Å². The Morgan fingerprint density at radius 1 is 0.960 bits per heavy atom. The zero-order valence-corrected chi connectivity index (χ0v) is 16.9. The molecule has 144 valence electrons. The quantitative estimate of drug-likeness (QED) is 0.517. The average Bonchev–Trinajstić information content (AvgIpc) is 3.09. The lowest BCUT2D eigenvalue weighted by atomic mass is 9.72. The molecule has 0 heterocycles. The summed E-state index contributed by atoms with van der Waals surface area (Å²) < 4.78 is 10.8. The van der Waals surface area contributed by atoms with Crippen molar-refractivity contribution >= 4 is 11.9 Å². The Kier molecular flexibility index (Phi) is 6.22. The first-order valence-corrected chi connectivity index (χ1v) is 9.80. The zero-order valence-electron chi connectivity index (χ0n) is 16.9. The van der Waals surface area contributed by atoms with Gasteiger partial charge in [0.2, 0.25) is 0 Å². The van der Waals surface area contributed by atoms with Gasteiger partial charge in [0, 0.05) is 0 Å². The van der Waals surface area contributed by atoms with Crippen molar-refractivity contribution in [2.45, 2.75) is 73.6 Å². The lowest BCUT2D eigenvalue weighted by Crippen LogP contribution is -2.34. The van der Waals surface area contributed by atoms with Gasteiger partial charge < -0.3 is 9.47 Å². The van der Waals surface area contributed by atoms with Crippen molar-refractivity contribution in [2.24, 2.45) is 34.5 Å². The Balaban J connectivity index is 1.74. The first-order valence-electron chi connectivity index (χ1n) is 9.80. The minimum Gasteiger partial charge on any atom is -0.462 e. The summed E-state index contributed by atoms with van der Waals surface area (Å²) in [6.07, 6.45) is 5.39. The van der Waals surface area contributed by atoms with Crippen molar-refractivity contribution in [3.8, 4) is 0 Å². The van der Waals surface area contributed by atoms with E-state index in [0.29, 0.717) is 5.92 Å². The molecule has 0 aliphatic heterocycles. The Morgan fingerprint density at radius 3 is 2.08 bits per heavy atom. The fourth-order valence-electron chi connectivity index (χ4n) is 4.38. The molecule has 0 N–H and O–H groups in total. The van der Waals surface area contributed by atoms with Gasteiger partial charge in [-0.2, -0.15) is 0 Å². The molecule has 4 unspecified atom stereocenters. The number of ether oxygens (including phenoxy) is 2. The largest absolute Gasteiger partial charge is 0.462 e. The van der Waals surface area contributed by atoms with Crippen LogP contribution in [0.4, 0.5) is 0 Å². The standard InChI is InChI=1S/C21H36O4/c1-20(2,3)13-17(21(4,5)6)19(23)25-10-9-24-18(22)16-12-14-7-8-15(16)11-14/h14-17H,7-13H2,1-6H3. The van der Waals surface area contributed by atoms with E-state index < -0.39 is 0 Å². The summed E-state index contributed by atoms with van der Waals surface area (Å²) in [5.41, 5.74) is -0.0880. The third-order valence-electron chi connectivity index (χ3n) is 5.76. The van der Waals surface area contributed by atoms with Crippen LogP contribution in [0.5, 0.6) is 0 Å². The summed E-state index contributed by atoms with van der Waals surface area (Å²) in [7, 11) is 0. The van der Waals surface area contributed by atoms with Crippen molar-refractivity contribution < 1.29 is 19.1 Å². The van der Waals surface area contributed by atoms with Crippen LogP contribution in [-0.2, 0) is 19.1 Å². The summed E-state index contributed by atoms with van der Waals surface area (Å²) in [5.74, 6) is 0.901. The van der Waals surface area contributed by atoms with Crippen LogP contribution in [0, 0.1) is 34.5 Å². The number of hydrogen-bond acceptors (Lipinski definition) is 4. The van der Waals surface area contributed by atoms with Gasteiger partial charge in [0.1, 0.15) is 13.2 Å². The highest BCUT2D eigenvalue weighted by atomic mass is 16.6. The van der Waals surface area contributed by atoms with Gasteiger partial charge in [-0.1, -0.05) is 48.0 Å². The van der Waals surface area contributed by atoms with E-state index in [1.165, 1.54) is 19.3 Å². The van der Waals surface area contributed by atoms with Gasteiger partial charge in [0.15, 0.2) is 0 Å². The first-order chi connectivity index (χ1) is 11.5. The zero-order chi connectivity index (χ0) is 18.8. The lowest BCUT2D eigenvalue weighted by molar-refractivity contribution is -0.161. The molecule has 0 saturated heterocycles. The van der Waals surface area contributed by atoms with Gasteiger partial charge in [-0.25, -0.2) is 0 Å². The van der Waals surface area contributed by atoms with E-state index in [0.717, 1.165) is 18.8 Å². The molecule has 4 atom stereocenters. The Morgan fingerprint density at radius 2 is 1.60 bits per heavy atom. The SMILES string of the molecule is CC(C)(C)CC(C(=O)OCCOC(=O)C1CC2CCC1C2)C(C)(C)C. The van der Waals surface area contributed by atoms with Crippen molar-refractivity contribution in [2.75, 3.05) is 13.2 Å². The highest BCUT2D eigenvalue weighted by molar-refractivity contribution is 5.74. The van der Waals surface area contributed by atoms with E-state index in [1.54, 1.807) is 0 Å². The second-order valence-electron chi connectivity index (χ2n) is 10.3. The summed E-state index contributed by atoms with van der Waals surface area (Å²) in [6.45, 7) is 12.9. The normalized spacial score (nSPS) is 27.2. The van der Waals surface area contributed by atoms with E-state index >= 15 is 0 Å². The van der Waals surface area contributed by atoms with E-state index in [-0.39, 0.29) is 47.8 Å². The monoisotopic (exact) mass is 352 g/mol. The third kappa shape index (κ3) is 5.72. The molecule has 2 rings (SSSR count). The summed E-state index contributed by atoms with van der Waals surface area (Å²) >= 11 is 0. The minimum atomic E-state index is -0.182. The molecule has 4 nitrogen and oxygen atoms in total. The molecule has 0 radical (unpaired) electrons. The summed E-state index contributed by atoms with van der Waals surface area (Å²) in [5, 5.41) is 0. The van der Waals surface area contributed by atoms with Crippen LogP contribution in [0.3, 0.4) is 0 Å². The molecule has 2 bridgehead atoms. The van der Waals surface area contributed by atoms with Crippen LogP contribution in [-0.4, -0.2) is 25.2 Å². The number of fused-ring (bicyclic) bond motifs is 2. The molecule has 2 aliphatic rings. The van der Waals surface area contributed by atoms with Crippen molar-refractivity contribution in [1.29, 1.82) is 0 Å². The van der Waals surface area contributed by atoms with Gasteiger partial charge in [-0.3, -0.25) is 9.59 Å². The number of rotatable bonds is 6. The Bertz CT molecular complexity index is 483. The first kappa shape index (κ1) is 20.3. The number of hydrogen-bond donors (Lipinski definition) is 0. The van der Waals surface area contributed by atoms with E-state index in [4.69, 9.17) is 9.47 Å². The van der Waals surface area contributed by atoms with E-state index in [2.05, 4.69) is 41.5 Å². The van der Waals surface area contributed by atoms with E-state index in [9.17, 15) is 9.59 Å². The van der Waals surface area contributed by atoms with Crippen LogP contribution in [0.2, 0.25) is 0 Å². The molecule has 2 saturated carbocycles. The Hall–Kier alpha value is -1.06. The summed E-state index contributed by atoms with van der Waals surface area (Å²) in [6, 6.07) is 0. The van der Waals surface area contributed by atoms with Crippen LogP contribution in [0.1, 0.15) is 73.6 Å². The molecule has 0 spiro atoms. The van der Waals surface area contributed by atoms with Crippen LogP contribution in [0.15, 0.2) is 0 Å². The smallest absolute Gasteiger partial charge is 0.309 e. The average molecular weight is 353 g/mol. The molecular weight excluding hydrogens is 316 g/mol. The topological polar surface area (TPSA) is 52.6 Å². The molecular formula is C21H36O4. The molecule has 2 aliphatic carbocycles. The molecule has 2 fully saturated rings. The molecule has 0 aromatic rings. The second kappa shape index (κ2) is 7.67. The minimum absolute atomic E-state index is 0.0607. The van der Waals surface area contributed by atoms with Crippen LogP contribution < -0.4 is 0 Å². The van der Waals surface area contributed by atoms with E-state index in [1.807, 2.05) is 0 Å². The fourth-order valence-corrected chi connectivity index (χ4v) is 4.38. The number of carbonyl (C=O) groups is 2. The Labute approximate surface area is 153 Å². The highest BCUT2D eigenvalue weighted by Crippen LogP contribution is 2.48. The van der Waals surface area contributed by atoms with Gasteiger partial charge in [-0.15, -0.1) is 0 Å². The maximum absolute atomic E-state index is 12.5. The number of esters is 2. The maximum Gasteiger partial charge on any atom is 0.309 e. The molecule has 0 amide bonds. The predicted molar refractivity (Wildman–Crippen MR) is 97.9 cm³/mol. The van der Waals surface area contributed by atoms with Crippen LogP contribution >= 0.6 is 0 Å². The maximum atomic E-state index is 12.5. The summed E-state index contributed by atoms with van der Waals surface area (Å²) in [4.78, 5) is 24.7. The lowest BCUT2D eigenvalue weighted by Gasteiger charge is -2.33. The van der Waals surface area contributed by atoms with Gasteiger partial charge in [0.05, 0.1) is 11.8 Å². The van der Waals surface area contributed by atoms with Crippen molar-refractivity contribution in [3.05, 3.63) is 0 Å². The third-order valence-corrected chi connectivity index (χ3v) is 5.76. The highest BCUT2D eigenvalue weighted by Gasteiger charge is 2.44. The molecule has 25 heavy (non-hydrogen) atoms. The predicted octanol–water partition coefficient (Wildman–Crippen LogP) is 4.61. The second-order valence-corrected chi connectivity index (χ2v) is 10.3. The molecule has 0 aromatic carbocycles. The van der Waals surface area contributed by atoms with Crippen LogP contribution in [0.25, 0.3) is 0 Å². The molecule has 4 heteroatoms. The number of carbonyl (C=O) groups excluding carboxylic acids is 2. The van der Waals surface area contributed by atoms with Crippen molar-refractivity contribution in [3.63, 3.8) is 0 Å². The van der Waals surface area contributed by atoms with Gasteiger partial charge in [0.25, 0.3) is 0 Å². The fraction of sp³-hybridized carbons (Fsp3) is 0.905. The van der Waals surface area contributed by atoms with Gasteiger partial charge >= 0.3 is 11.9 Å². The molecule has 0 aromatic heterocycles.